The van der Waals surface area contributed by atoms with Gasteiger partial charge in [-0.05, 0) is 99.1 Å². The molecule has 0 bridgehead atoms. The van der Waals surface area contributed by atoms with Crippen molar-refractivity contribution < 1.29 is 12.8 Å². The molecule has 1 atom stereocenters. The zero-order chi connectivity index (χ0) is 22.9. The first-order valence-electron chi connectivity index (χ1n) is 10.3. The molecule has 1 aliphatic rings. The van der Waals surface area contributed by atoms with Crippen LogP contribution in [0.2, 0.25) is 0 Å². The molecule has 8 heteroatoms. The van der Waals surface area contributed by atoms with E-state index in [2.05, 4.69) is 10.6 Å². The van der Waals surface area contributed by atoms with Crippen molar-refractivity contribution in [3.05, 3.63) is 83.7 Å². The molecule has 4 rings (SSSR count). The second-order valence-electron chi connectivity index (χ2n) is 7.93. The summed E-state index contributed by atoms with van der Waals surface area (Å²) in [5.41, 5.74) is 3.93. The van der Waals surface area contributed by atoms with Crippen LogP contribution in [0.5, 0.6) is 0 Å². The fourth-order valence-corrected chi connectivity index (χ4v) is 5.77. The number of hydrogen-bond acceptors (Lipinski definition) is 3. The lowest BCUT2D eigenvalue weighted by Crippen LogP contribution is -2.42. The molecule has 0 spiro atoms. The smallest absolute Gasteiger partial charge is 0.264 e. The van der Waals surface area contributed by atoms with E-state index in [9.17, 15) is 12.8 Å². The molecule has 0 radical (unpaired) electrons. The molecule has 1 heterocycles. The Kier molecular flexibility index (Phi) is 6.17. The molecule has 1 aliphatic heterocycles. The molecule has 5 nitrogen and oxygen atoms in total. The van der Waals surface area contributed by atoms with Crippen LogP contribution in [0.25, 0.3) is 0 Å². The van der Waals surface area contributed by atoms with Gasteiger partial charge in [0.25, 0.3) is 10.0 Å². The van der Waals surface area contributed by atoms with E-state index in [1.807, 2.05) is 38.1 Å². The highest BCUT2D eigenvalue weighted by Crippen LogP contribution is 2.35. The molecule has 0 aromatic heterocycles. The van der Waals surface area contributed by atoms with E-state index in [1.165, 1.54) is 16.4 Å². The van der Waals surface area contributed by atoms with Crippen LogP contribution in [-0.4, -0.2) is 19.6 Å². The summed E-state index contributed by atoms with van der Waals surface area (Å²) in [4.78, 5) is 0.171. The lowest BCUT2D eigenvalue weighted by molar-refractivity contribution is 0.560. The van der Waals surface area contributed by atoms with E-state index in [-0.39, 0.29) is 16.8 Å². The molecule has 3 aromatic rings. The molecular formula is C24H24FN3O2S2. The first-order chi connectivity index (χ1) is 15.2. The van der Waals surface area contributed by atoms with Crippen LogP contribution in [-0.2, 0) is 16.4 Å². The molecule has 0 fully saturated rings. The van der Waals surface area contributed by atoms with Gasteiger partial charge in [-0.15, -0.1) is 0 Å². The number of thiocarbonyl (C=S) groups is 1. The second kappa shape index (κ2) is 8.88. The van der Waals surface area contributed by atoms with Crippen molar-refractivity contribution in [2.75, 3.05) is 14.9 Å². The summed E-state index contributed by atoms with van der Waals surface area (Å²) in [5.74, 6) is -0.360. The Morgan fingerprint density at radius 1 is 1.00 bits per heavy atom. The number of halogens is 1. The minimum absolute atomic E-state index is 0.171. The van der Waals surface area contributed by atoms with Crippen LogP contribution < -0.4 is 14.9 Å². The van der Waals surface area contributed by atoms with Gasteiger partial charge >= 0.3 is 0 Å². The highest BCUT2D eigenvalue weighted by molar-refractivity contribution is 7.92. The van der Waals surface area contributed by atoms with Crippen LogP contribution in [0.1, 0.15) is 24.5 Å². The van der Waals surface area contributed by atoms with Gasteiger partial charge in [-0.25, -0.2) is 12.8 Å². The third kappa shape index (κ3) is 4.61. The van der Waals surface area contributed by atoms with E-state index >= 15 is 0 Å². The van der Waals surface area contributed by atoms with Crippen molar-refractivity contribution in [1.82, 2.24) is 0 Å². The topological polar surface area (TPSA) is 61.4 Å². The van der Waals surface area contributed by atoms with Crippen LogP contribution in [0.3, 0.4) is 0 Å². The fourth-order valence-electron chi connectivity index (χ4n) is 3.81. The van der Waals surface area contributed by atoms with Gasteiger partial charge in [0.15, 0.2) is 5.11 Å². The van der Waals surface area contributed by atoms with Crippen molar-refractivity contribution in [3.8, 4) is 0 Å². The first kappa shape index (κ1) is 22.2. The van der Waals surface area contributed by atoms with Crippen molar-refractivity contribution in [2.24, 2.45) is 0 Å². The largest absolute Gasteiger partial charge is 0.332 e. The maximum absolute atomic E-state index is 13.7. The quantitative estimate of drug-likeness (QED) is 0.496. The summed E-state index contributed by atoms with van der Waals surface area (Å²) in [6.45, 7) is 3.88. The normalized spacial score (nSPS) is 15.7. The van der Waals surface area contributed by atoms with Gasteiger partial charge in [-0.3, -0.25) is 4.31 Å². The number of nitrogens with zero attached hydrogens (tertiary/aromatic N) is 1. The van der Waals surface area contributed by atoms with E-state index in [1.54, 1.807) is 30.3 Å². The van der Waals surface area contributed by atoms with E-state index in [0.717, 1.165) is 11.3 Å². The average molecular weight is 470 g/mol. The number of benzene rings is 3. The minimum atomic E-state index is -3.80. The maximum atomic E-state index is 13.7. The highest BCUT2D eigenvalue weighted by Gasteiger charge is 2.33. The van der Waals surface area contributed by atoms with Crippen LogP contribution >= 0.6 is 12.2 Å². The molecule has 2 N–H and O–H groups in total. The molecule has 0 saturated carbocycles. The third-order valence-corrected chi connectivity index (χ3v) is 7.64. The summed E-state index contributed by atoms with van der Waals surface area (Å²) in [6, 6.07) is 18.3. The Hall–Kier alpha value is -2.97. The van der Waals surface area contributed by atoms with Gasteiger partial charge in [-0.2, -0.15) is 0 Å². The van der Waals surface area contributed by atoms with E-state index in [4.69, 9.17) is 12.2 Å². The number of fused-ring (bicyclic) bond motifs is 1. The monoisotopic (exact) mass is 469 g/mol. The predicted molar refractivity (Wildman–Crippen MR) is 131 cm³/mol. The number of sulfonamides is 1. The maximum Gasteiger partial charge on any atom is 0.264 e. The average Bonchev–Trinajstić information content (AvgIpc) is 2.75. The van der Waals surface area contributed by atoms with E-state index < -0.39 is 10.0 Å². The van der Waals surface area contributed by atoms with Gasteiger partial charge < -0.3 is 10.6 Å². The van der Waals surface area contributed by atoms with Gasteiger partial charge in [0.05, 0.1) is 10.6 Å². The summed E-state index contributed by atoms with van der Waals surface area (Å²) < 4.78 is 41.9. The Bertz CT molecular complexity index is 1240. The molecule has 32 heavy (non-hydrogen) atoms. The van der Waals surface area contributed by atoms with E-state index in [0.29, 0.717) is 34.9 Å². The Morgan fingerprint density at radius 2 is 1.59 bits per heavy atom. The summed E-state index contributed by atoms with van der Waals surface area (Å²) in [5, 5.41) is 6.57. The Labute approximate surface area is 193 Å². The summed E-state index contributed by atoms with van der Waals surface area (Å²) >= 11 is 5.35. The number of aryl methyl sites for hydroxylation is 2. The van der Waals surface area contributed by atoms with Crippen LogP contribution in [0.15, 0.2) is 71.6 Å². The first-order valence-corrected chi connectivity index (χ1v) is 12.2. The molecule has 0 aliphatic carbocycles. The number of anilines is 3. The van der Waals surface area contributed by atoms with Gasteiger partial charge in [-0.1, -0.05) is 17.7 Å². The van der Waals surface area contributed by atoms with Crippen LogP contribution in [0.4, 0.5) is 21.5 Å². The SMILES string of the molecule is Cc1ccc(NC(=S)Nc2ccc(S(=O)(=O)N3c4ccc(F)cc4CCC3C)cc2)cc1. The molecular weight excluding hydrogens is 445 g/mol. The number of hydrogen-bond donors (Lipinski definition) is 2. The lowest BCUT2D eigenvalue weighted by atomic mass is 9.99. The molecule has 3 aromatic carbocycles. The van der Waals surface area contributed by atoms with Gasteiger partial charge in [0.1, 0.15) is 5.82 Å². The summed E-state index contributed by atoms with van der Waals surface area (Å²) in [6.07, 6.45) is 1.28. The molecule has 0 amide bonds. The van der Waals surface area contributed by atoms with Gasteiger partial charge in [0, 0.05) is 17.4 Å². The zero-order valence-corrected chi connectivity index (χ0v) is 19.4. The third-order valence-electron chi connectivity index (χ3n) is 5.49. The van der Waals surface area contributed by atoms with Gasteiger partial charge in [0.2, 0.25) is 0 Å². The van der Waals surface area contributed by atoms with Crippen LogP contribution in [0, 0.1) is 12.7 Å². The number of nitrogens with one attached hydrogen (secondary N) is 2. The predicted octanol–water partition coefficient (Wildman–Crippen LogP) is 5.47. The molecule has 0 saturated heterocycles. The van der Waals surface area contributed by atoms with Crippen molar-refractivity contribution in [1.29, 1.82) is 0 Å². The van der Waals surface area contributed by atoms with Crippen molar-refractivity contribution in [2.45, 2.75) is 37.6 Å². The Balaban J connectivity index is 1.52. The van der Waals surface area contributed by atoms with Crippen molar-refractivity contribution >= 4 is 44.4 Å². The second-order valence-corrected chi connectivity index (χ2v) is 10.2. The minimum Gasteiger partial charge on any atom is -0.332 e. The Morgan fingerprint density at radius 3 is 2.22 bits per heavy atom. The fraction of sp³-hybridized carbons (Fsp3) is 0.208. The molecule has 166 valence electrons. The molecule has 1 unspecified atom stereocenters. The number of rotatable bonds is 4. The summed E-state index contributed by atoms with van der Waals surface area (Å²) in [7, 11) is -3.80. The lowest BCUT2D eigenvalue weighted by Gasteiger charge is -2.36. The van der Waals surface area contributed by atoms with Crippen molar-refractivity contribution in [3.63, 3.8) is 0 Å². The standard InChI is InChI=1S/C24H24FN3O2S2/c1-16-3-8-20(9-4-16)26-24(31)27-21-10-12-22(13-11-21)32(29,30)28-17(2)5-6-18-15-19(25)7-14-23(18)28/h3-4,7-15,17H,5-6H2,1-2H3,(H2,26,27,31). The zero-order valence-electron chi connectivity index (χ0n) is 17.8. The highest BCUT2D eigenvalue weighted by atomic mass is 32.2.